The van der Waals surface area contributed by atoms with E-state index in [4.69, 9.17) is 0 Å². The molecule has 0 radical (unpaired) electrons. The van der Waals surface area contributed by atoms with Crippen LogP contribution in [0.4, 0.5) is 9.18 Å². The fraction of sp³-hybridized carbons (Fsp3) is 0.625. The Hall–Kier alpha value is -2.68. The number of likely N-dealkylation sites (N-methyl/N-ethyl adjacent to an activating group) is 1. The van der Waals surface area contributed by atoms with Gasteiger partial charge in [0, 0.05) is 19.6 Å². The van der Waals surface area contributed by atoms with Gasteiger partial charge in [0.15, 0.2) is 0 Å². The maximum absolute atomic E-state index is 13.5. The lowest BCUT2D eigenvalue weighted by Crippen LogP contribution is -2.76. The van der Waals surface area contributed by atoms with Crippen LogP contribution in [-0.2, 0) is 16.1 Å². The number of piperazine rings is 1. The third-order valence-electron chi connectivity index (χ3n) is 6.91. The lowest BCUT2D eigenvalue weighted by molar-refractivity contribution is -0.190. The number of hydrogen-bond acceptors (Lipinski definition) is 4. The van der Waals surface area contributed by atoms with Crippen molar-refractivity contribution >= 4 is 17.8 Å². The second kappa shape index (κ2) is 9.67. The SMILES string of the molecule is CC(C)C[C@H]1C(=O)N(C2CCCC2)C[C@H]2N1C(=O)CN(C)N2C(=O)NCc1ccc(F)cc1. The molecule has 1 aromatic carbocycles. The molecule has 3 aliphatic rings. The number of fused-ring (bicyclic) bond motifs is 1. The van der Waals surface area contributed by atoms with Gasteiger partial charge in [-0.1, -0.05) is 38.8 Å². The molecular weight excluding hydrogens is 425 g/mol. The van der Waals surface area contributed by atoms with Crippen LogP contribution in [0.5, 0.6) is 0 Å². The van der Waals surface area contributed by atoms with Gasteiger partial charge in [0.1, 0.15) is 18.0 Å². The Morgan fingerprint density at radius 3 is 2.45 bits per heavy atom. The highest BCUT2D eigenvalue weighted by molar-refractivity contribution is 5.91. The third-order valence-corrected chi connectivity index (χ3v) is 6.91. The normalized spacial score (nSPS) is 24.6. The molecule has 1 aromatic rings. The van der Waals surface area contributed by atoms with Crippen molar-refractivity contribution in [2.75, 3.05) is 20.1 Å². The van der Waals surface area contributed by atoms with E-state index >= 15 is 0 Å². The zero-order valence-corrected chi connectivity index (χ0v) is 19.7. The third kappa shape index (κ3) is 4.83. The molecule has 0 unspecified atom stereocenters. The summed E-state index contributed by atoms with van der Waals surface area (Å²) in [6.07, 6.45) is 4.14. The summed E-state index contributed by atoms with van der Waals surface area (Å²) in [5, 5.41) is 6.11. The van der Waals surface area contributed by atoms with Crippen LogP contribution in [0.2, 0.25) is 0 Å². The van der Waals surface area contributed by atoms with Crippen molar-refractivity contribution in [3.63, 3.8) is 0 Å². The number of hydrogen-bond donors (Lipinski definition) is 1. The Bertz CT molecular complexity index is 887. The van der Waals surface area contributed by atoms with Crippen molar-refractivity contribution in [3.05, 3.63) is 35.6 Å². The molecule has 0 bridgehead atoms. The number of rotatable bonds is 5. The molecule has 1 aliphatic carbocycles. The minimum Gasteiger partial charge on any atom is -0.334 e. The van der Waals surface area contributed by atoms with Crippen LogP contribution in [-0.4, -0.2) is 76.0 Å². The monoisotopic (exact) mass is 459 g/mol. The summed E-state index contributed by atoms with van der Waals surface area (Å²) in [5.41, 5.74) is 0.779. The molecule has 8 nitrogen and oxygen atoms in total. The number of benzene rings is 1. The van der Waals surface area contributed by atoms with Crippen molar-refractivity contribution in [3.8, 4) is 0 Å². The van der Waals surface area contributed by atoms with Crippen LogP contribution >= 0.6 is 0 Å². The number of amides is 4. The largest absolute Gasteiger partial charge is 0.334 e. The Balaban J connectivity index is 1.58. The minimum atomic E-state index is -0.557. The summed E-state index contributed by atoms with van der Waals surface area (Å²) in [6, 6.07) is 5.25. The Morgan fingerprint density at radius 2 is 1.82 bits per heavy atom. The van der Waals surface area contributed by atoms with Gasteiger partial charge in [-0.25, -0.2) is 19.2 Å². The second-order valence-electron chi connectivity index (χ2n) is 9.80. The fourth-order valence-corrected chi connectivity index (χ4v) is 5.35. The summed E-state index contributed by atoms with van der Waals surface area (Å²) in [4.78, 5) is 43.5. The first-order valence-corrected chi connectivity index (χ1v) is 11.9. The zero-order valence-electron chi connectivity index (χ0n) is 19.7. The van der Waals surface area contributed by atoms with Crippen molar-refractivity contribution < 1.29 is 18.8 Å². The highest BCUT2D eigenvalue weighted by Crippen LogP contribution is 2.33. The summed E-state index contributed by atoms with van der Waals surface area (Å²) >= 11 is 0. The topological polar surface area (TPSA) is 76.2 Å². The van der Waals surface area contributed by atoms with E-state index in [-0.39, 0.29) is 48.7 Å². The fourth-order valence-electron chi connectivity index (χ4n) is 5.35. The zero-order chi connectivity index (χ0) is 23.7. The molecule has 1 N–H and O–H groups in total. The molecule has 2 aliphatic heterocycles. The first-order chi connectivity index (χ1) is 15.8. The summed E-state index contributed by atoms with van der Waals surface area (Å²) in [6.45, 7) is 4.68. The molecule has 3 fully saturated rings. The van der Waals surface area contributed by atoms with E-state index in [1.807, 2.05) is 18.7 Å². The van der Waals surface area contributed by atoms with Crippen molar-refractivity contribution in [1.29, 1.82) is 0 Å². The van der Waals surface area contributed by atoms with E-state index in [0.717, 1.165) is 31.2 Å². The highest BCUT2D eigenvalue weighted by atomic mass is 19.1. The Labute approximate surface area is 194 Å². The van der Waals surface area contributed by atoms with Crippen LogP contribution < -0.4 is 5.32 Å². The molecule has 180 valence electrons. The van der Waals surface area contributed by atoms with E-state index in [0.29, 0.717) is 13.0 Å². The number of carbonyl (C=O) groups excluding carboxylic acids is 3. The van der Waals surface area contributed by atoms with Crippen LogP contribution in [0.15, 0.2) is 24.3 Å². The van der Waals surface area contributed by atoms with E-state index in [9.17, 15) is 18.8 Å². The van der Waals surface area contributed by atoms with Gasteiger partial charge >= 0.3 is 6.03 Å². The molecule has 9 heteroatoms. The number of nitrogens with one attached hydrogen (secondary N) is 1. The number of urea groups is 1. The summed E-state index contributed by atoms with van der Waals surface area (Å²) < 4.78 is 13.2. The van der Waals surface area contributed by atoms with Crippen LogP contribution in [0, 0.1) is 11.7 Å². The van der Waals surface area contributed by atoms with Gasteiger partial charge in [0.2, 0.25) is 11.8 Å². The molecule has 0 spiro atoms. The molecule has 2 heterocycles. The number of nitrogens with zero attached hydrogens (tertiary/aromatic N) is 4. The lowest BCUT2D eigenvalue weighted by atomic mass is 9.96. The van der Waals surface area contributed by atoms with Gasteiger partial charge < -0.3 is 15.1 Å². The highest BCUT2D eigenvalue weighted by Gasteiger charge is 2.51. The predicted octanol–water partition coefficient (Wildman–Crippen LogP) is 2.55. The van der Waals surface area contributed by atoms with Gasteiger partial charge in [-0.3, -0.25) is 9.59 Å². The lowest BCUT2D eigenvalue weighted by Gasteiger charge is -2.55. The second-order valence-corrected chi connectivity index (χ2v) is 9.80. The van der Waals surface area contributed by atoms with Gasteiger partial charge in [0.25, 0.3) is 0 Å². The molecule has 4 rings (SSSR count). The molecule has 2 atom stereocenters. The Morgan fingerprint density at radius 1 is 1.15 bits per heavy atom. The maximum atomic E-state index is 13.5. The predicted molar refractivity (Wildman–Crippen MR) is 121 cm³/mol. The standard InChI is InChI=1S/C24H34FN5O3/c1-16(2)12-20-23(32)28(19-6-4-5-7-19)14-21-29(20)22(31)15-27(3)30(21)24(33)26-13-17-8-10-18(25)11-9-17/h8-11,16,19-21H,4-7,12-15H2,1-3H3,(H,26,33)/t20-,21-/m0/s1. The number of hydrazine groups is 1. The van der Waals surface area contributed by atoms with Gasteiger partial charge in [-0.05, 0) is 42.9 Å². The molecule has 33 heavy (non-hydrogen) atoms. The first kappa shape index (κ1) is 23.5. The summed E-state index contributed by atoms with van der Waals surface area (Å²) in [7, 11) is 1.72. The minimum absolute atomic E-state index is 0.0106. The van der Waals surface area contributed by atoms with Gasteiger partial charge in [0.05, 0.1) is 13.1 Å². The van der Waals surface area contributed by atoms with Crippen LogP contribution in [0.25, 0.3) is 0 Å². The molecular formula is C24H34FN5O3. The quantitative estimate of drug-likeness (QED) is 0.734. The maximum Gasteiger partial charge on any atom is 0.334 e. The van der Waals surface area contributed by atoms with Crippen LogP contribution in [0.1, 0.15) is 51.5 Å². The molecule has 4 amide bonds. The average Bonchev–Trinajstić information content (AvgIpc) is 3.29. The van der Waals surface area contributed by atoms with Gasteiger partial charge in [-0.2, -0.15) is 0 Å². The van der Waals surface area contributed by atoms with E-state index in [1.165, 1.54) is 12.1 Å². The number of halogens is 1. The van der Waals surface area contributed by atoms with E-state index < -0.39 is 12.2 Å². The van der Waals surface area contributed by atoms with Crippen molar-refractivity contribution in [2.24, 2.45) is 5.92 Å². The van der Waals surface area contributed by atoms with Crippen molar-refractivity contribution in [1.82, 2.24) is 25.1 Å². The van der Waals surface area contributed by atoms with Crippen LogP contribution in [0.3, 0.4) is 0 Å². The Kier molecular flexibility index (Phi) is 6.88. The smallest absolute Gasteiger partial charge is 0.334 e. The molecule has 1 saturated carbocycles. The first-order valence-electron chi connectivity index (χ1n) is 11.9. The van der Waals surface area contributed by atoms with Gasteiger partial charge in [-0.15, -0.1) is 0 Å². The summed E-state index contributed by atoms with van der Waals surface area (Å²) in [5.74, 6) is -0.215. The molecule has 2 saturated heterocycles. The average molecular weight is 460 g/mol. The van der Waals surface area contributed by atoms with E-state index in [2.05, 4.69) is 5.32 Å². The molecule has 0 aromatic heterocycles. The van der Waals surface area contributed by atoms with Crippen molar-refractivity contribution in [2.45, 2.75) is 70.7 Å². The number of carbonyl (C=O) groups is 3. The van der Waals surface area contributed by atoms with E-state index in [1.54, 1.807) is 34.1 Å².